The molecule has 1 saturated heterocycles. The minimum absolute atomic E-state index is 0.185. The molecule has 0 saturated carbocycles. The Hall–Kier alpha value is -2.04. The van der Waals surface area contributed by atoms with E-state index in [0.717, 1.165) is 24.5 Å². The zero-order valence-corrected chi connectivity index (χ0v) is 12.2. The Morgan fingerprint density at radius 1 is 1.20 bits per heavy atom. The molecule has 20 heavy (non-hydrogen) atoms. The number of carbonyl (C=O) groups excluding carboxylic acids is 2. The van der Waals surface area contributed by atoms with E-state index in [1.807, 2.05) is 31.2 Å². The molecule has 0 bridgehead atoms. The Kier molecular flexibility index (Phi) is 4.27. The van der Waals surface area contributed by atoms with Gasteiger partial charge in [0.25, 0.3) is 0 Å². The summed E-state index contributed by atoms with van der Waals surface area (Å²) in [7, 11) is 0. The third-order valence-corrected chi connectivity index (χ3v) is 3.67. The van der Waals surface area contributed by atoms with Crippen LogP contribution in [0.4, 0.5) is 16.2 Å². The molecule has 1 N–H and O–H groups in total. The summed E-state index contributed by atoms with van der Waals surface area (Å²) >= 11 is 0. The molecule has 1 unspecified atom stereocenters. The fourth-order valence-corrected chi connectivity index (χ4v) is 2.39. The van der Waals surface area contributed by atoms with Gasteiger partial charge in [0.15, 0.2) is 0 Å². The highest BCUT2D eigenvalue weighted by Crippen LogP contribution is 2.23. The summed E-state index contributed by atoms with van der Waals surface area (Å²) in [5, 5.41) is 2.37. The van der Waals surface area contributed by atoms with E-state index in [-0.39, 0.29) is 17.9 Å². The van der Waals surface area contributed by atoms with Gasteiger partial charge < -0.3 is 4.90 Å². The quantitative estimate of drug-likeness (QED) is 0.916. The Labute approximate surface area is 119 Å². The number of rotatable bonds is 4. The molecular weight excluding hydrogens is 254 g/mol. The summed E-state index contributed by atoms with van der Waals surface area (Å²) < 4.78 is 0. The van der Waals surface area contributed by atoms with Gasteiger partial charge in [-0.3, -0.25) is 15.0 Å². The third kappa shape index (κ3) is 2.76. The lowest BCUT2D eigenvalue weighted by Gasteiger charge is -2.30. The Balaban J connectivity index is 2.17. The lowest BCUT2D eigenvalue weighted by Crippen LogP contribution is -2.53. The lowest BCUT2D eigenvalue weighted by molar-refractivity contribution is -0.123. The first kappa shape index (κ1) is 14.4. The first-order valence-electron chi connectivity index (χ1n) is 7.04. The zero-order valence-electron chi connectivity index (χ0n) is 12.2. The zero-order chi connectivity index (χ0) is 14.7. The molecule has 1 aliphatic rings. The molecule has 1 heterocycles. The van der Waals surface area contributed by atoms with Gasteiger partial charge in [-0.15, -0.1) is 0 Å². The van der Waals surface area contributed by atoms with Gasteiger partial charge in [-0.2, -0.15) is 0 Å². The van der Waals surface area contributed by atoms with Crippen molar-refractivity contribution in [2.75, 3.05) is 29.4 Å². The van der Waals surface area contributed by atoms with Crippen molar-refractivity contribution in [3.05, 3.63) is 24.3 Å². The van der Waals surface area contributed by atoms with Gasteiger partial charge in [-0.05, 0) is 38.1 Å². The van der Waals surface area contributed by atoms with E-state index in [1.54, 1.807) is 4.90 Å². The van der Waals surface area contributed by atoms with Crippen LogP contribution in [0.15, 0.2) is 24.3 Å². The highest BCUT2D eigenvalue weighted by Gasteiger charge is 2.29. The van der Waals surface area contributed by atoms with Crippen molar-refractivity contribution in [3.8, 4) is 0 Å². The average molecular weight is 275 g/mol. The number of anilines is 2. The minimum atomic E-state index is -0.344. The summed E-state index contributed by atoms with van der Waals surface area (Å²) in [5.74, 6) is -0.388. The average Bonchev–Trinajstić information content (AvgIpc) is 2.45. The number of urea groups is 1. The maximum Gasteiger partial charge on any atom is 0.328 e. The highest BCUT2D eigenvalue weighted by atomic mass is 16.2. The van der Waals surface area contributed by atoms with Crippen LogP contribution in [-0.4, -0.2) is 31.6 Å². The monoisotopic (exact) mass is 275 g/mol. The van der Waals surface area contributed by atoms with Gasteiger partial charge in [0, 0.05) is 31.0 Å². The molecule has 0 spiro atoms. The van der Waals surface area contributed by atoms with Crippen LogP contribution in [0.25, 0.3) is 0 Å². The lowest BCUT2D eigenvalue weighted by atomic mass is 10.1. The molecule has 5 nitrogen and oxygen atoms in total. The molecule has 1 aliphatic heterocycles. The van der Waals surface area contributed by atoms with Crippen LogP contribution >= 0.6 is 0 Å². The summed E-state index contributed by atoms with van der Waals surface area (Å²) in [5.41, 5.74) is 1.96. The van der Waals surface area contributed by atoms with Crippen LogP contribution in [0.1, 0.15) is 20.8 Å². The summed E-state index contributed by atoms with van der Waals surface area (Å²) in [6.07, 6.45) is 0. The normalized spacial score (nSPS) is 18.9. The standard InChI is InChI=1S/C15H21N3O2/c1-4-17(5-2)12-6-8-13(9-7-12)18-10-11(3)14(19)16-15(18)20/h6-9,11H,4-5,10H2,1-3H3,(H,16,19,20). The van der Waals surface area contributed by atoms with Crippen molar-refractivity contribution in [2.24, 2.45) is 5.92 Å². The van der Waals surface area contributed by atoms with E-state index < -0.39 is 0 Å². The Bertz CT molecular complexity index is 494. The van der Waals surface area contributed by atoms with Crippen molar-refractivity contribution in [1.29, 1.82) is 0 Å². The van der Waals surface area contributed by atoms with E-state index >= 15 is 0 Å². The van der Waals surface area contributed by atoms with Crippen LogP contribution in [-0.2, 0) is 4.79 Å². The van der Waals surface area contributed by atoms with Gasteiger partial charge in [0.05, 0.1) is 5.92 Å². The maximum absolute atomic E-state index is 11.9. The number of hydrogen-bond donors (Lipinski definition) is 1. The third-order valence-electron chi connectivity index (χ3n) is 3.67. The molecule has 1 aromatic rings. The minimum Gasteiger partial charge on any atom is -0.372 e. The van der Waals surface area contributed by atoms with Crippen LogP contribution in [0.3, 0.4) is 0 Å². The summed E-state index contributed by atoms with van der Waals surface area (Å²) in [6.45, 7) is 8.37. The second-order valence-electron chi connectivity index (χ2n) is 4.99. The van der Waals surface area contributed by atoms with E-state index in [2.05, 4.69) is 24.1 Å². The van der Waals surface area contributed by atoms with Gasteiger partial charge in [0.1, 0.15) is 0 Å². The topological polar surface area (TPSA) is 52.6 Å². The fraction of sp³-hybridized carbons (Fsp3) is 0.467. The van der Waals surface area contributed by atoms with Crippen LogP contribution < -0.4 is 15.1 Å². The first-order valence-corrected chi connectivity index (χ1v) is 7.04. The molecule has 1 atom stereocenters. The molecule has 0 aliphatic carbocycles. The molecule has 2 rings (SSSR count). The SMILES string of the molecule is CCN(CC)c1ccc(N2CC(C)C(=O)NC2=O)cc1. The van der Waals surface area contributed by atoms with E-state index in [9.17, 15) is 9.59 Å². The molecule has 1 aromatic carbocycles. The van der Waals surface area contributed by atoms with Crippen LogP contribution in [0.2, 0.25) is 0 Å². The molecule has 0 aromatic heterocycles. The van der Waals surface area contributed by atoms with Gasteiger partial charge in [-0.25, -0.2) is 4.79 Å². The first-order chi connectivity index (χ1) is 9.56. The second kappa shape index (κ2) is 5.94. The Morgan fingerprint density at radius 2 is 1.80 bits per heavy atom. The van der Waals surface area contributed by atoms with Crippen molar-refractivity contribution in [3.63, 3.8) is 0 Å². The largest absolute Gasteiger partial charge is 0.372 e. The van der Waals surface area contributed by atoms with Crippen molar-refractivity contribution < 1.29 is 9.59 Å². The van der Waals surface area contributed by atoms with Crippen LogP contribution in [0, 0.1) is 5.92 Å². The van der Waals surface area contributed by atoms with E-state index in [1.165, 1.54) is 0 Å². The molecule has 5 heteroatoms. The summed E-state index contributed by atoms with van der Waals surface area (Å²) in [4.78, 5) is 27.2. The molecule has 0 radical (unpaired) electrons. The van der Waals surface area contributed by atoms with Gasteiger partial charge >= 0.3 is 6.03 Å². The smallest absolute Gasteiger partial charge is 0.328 e. The number of benzene rings is 1. The number of amides is 3. The molecule has 1 fully saturated rings. The van der Waals surface area contributed by atoms with Crippen molar-refractivity contribution in [1.82, 2.24) is 5.32 Å². The number of hydrogen-bond acceptors (Lipinski definition) is 3. The van der Waals surface area contributed by atoms with Gasteiger partial charge in [-0.1, -0.05) is 6.92 Å². The maximum atomic E-state index is 11.9. The van der Waals surface area contributed by atoms with Crippen molar-refractivity contribution in [2.45, 2.75) is 20.8 Å². The predicted molar refractivity (Wildman–Crippen MR) is 80.1 cm³/mol. The number of imide groups is 1. The molecule has 108 valence electrons. The summed E-state index contributed by atoms with van der Waals surface area (Å²) in [6, 6.07) is 7.53. The molecular formula is C15H21N3O2. The number of nitrogens with one attached hydrogen (secondary N) is 1. The highest BCUT2D eigenvalue weighted by molar-refractivity contribution is 6.06. The fourth-order valence-electron chi connectivity index (χ4n) is 2.39. The van der Waals surface area contributed by atoms with E-state index in [0.29, 0.717) is 6.54 Å². The molecule has 3 amide bonds. The number of nitrogens with zero attached hydrogens (tertiary/aromatic N) is 2. The van der Waals surface area contributed by atoms with Crippen molar-refractivity contribution >= 4 is 23.3 Å². The van der Waals surface area contributed by atoms with Gasteiger partial charge in [0.2, 0.25) is 5.91 Å². The number of carbonyl (C=O) groups is 2. The Morgan fingerprint density at radius 3 is 2.35 bits per heavy atom. The van der Waals surface area contributed by atoms with Crippen LogP contribution in [0.5, 0.6) is 0 Å². The van der Waals surface area contributed by atoms with E-state index in [4.69, 9.17) is 0 Å². The predicted octanol–water partition coefficient (Wildman–Crippen LogP) is 2.23. The second-order valence-corrected chi connectivity index (χ2v) is 4.99.